The summed E-state index contributed by atoms with van der Waals surface area (Å²) in [5.74, 6) is 4.67. The SMILES string of the molecule is Cc1nnc(CCCNc2cc(N3CCCC(c4nccn4C)C3)nc(C(C)C)n2)s1. The van der Waals surface area contributed by atoms with Crippen LogP contribution in [-0.2, 0) is 13.5 Å². The van der Waals surface area contributed by atoms with Gasteiger partial charge in [0.2, 0.25) is 0 Å². The van der Waals surface area contributed by atoms with Gasteiger partial charge in [-0.2, -0.15) is 0 Å². The van der Waals surface area contributed by atoms with E-state index in [9.17, 15) is 0 Å². The lowest BCUT2D eigenvalue weighted by atomic mass is 9.97. The van der Waals surface area contributed by atoms with Gasteiger partial charge in [-0.1, -0.05) is 13.8 Å². The zero-order valence-electron chi connectivity index (χ0n) is 18.9. The van der Waals surface area contributed by atoms with Crippen molar-refractivity contribution >= 4 is 23.0 Å². The molecular formula is C22H32N8S. The molecule has 0 aliphatic carbocycles. The van der Waals surface area contributed by atoms with Gasteiger partial charge in [-0.25, -0.2) is 15.0 Å². The van der Waals surface area contributed by atoms with Gasteiger partial charge in [-0.3, -0.25) is 0 Å². The highest BCUT2D eigenvalue weighted by Crippen LogP contribution is 2.29. The first kappa shape index (κ1) is 21.7. The lowest BCUT2D eigenvalue weighted by Gasteiger charge is -2.33. The van der Waals surface area contributed by atoms with E-state index in [1.807, 2.05) is 19.3 Å². The number of nitrogens with zero attached hydrogens (tertiary/aromatic N) is 7. The molecule has 1 unspecified atom stereocenters. The Morgan fingerprint density at radius 3 is 2.84 bits per heavy atom. The van der Waals surface area contributed by atoms with E-state index in [2.05, 4.69) is 56.9 Å². The van der Waals surface area contributed by atoms with Crippen LogP contribution in [0.5, 0.6) is 0 Å². The first-order valence-electron chi connectivity index (χ1n) is 11.1. The van der Waals surface area contributed by atoms with Crippen LogP contribution in [0.15, 0.2) is 18.5 Å². The molecule has 0 spiro atoms. The molecule has 9 heteroatoms. The third-order valence-electron chi connectivity index (χ3n) is 5.66. The van der Waals surface area contributed by atoms with E-state index in [0.717, 1.165) is 72.2 Å². The lowest BCUT2D eigenvalue weighted by molar-refractivity contribution is 0.478. The van der Waals surface area contributed by atoms with Crippen molar-refractivity contribution in [2.75, 3.05) is 29.9 Å². The highest BCUT2D eigenvalue weighted by atomic mass is 32.1. The molecule has 8 nitrogen and oxygen atoms in total. The first-order valence-corrected chi connectivity index (χ1v) is 11.9. The summed E-state index contributed by atoms with van der Waals surface area (Å²) < 4.78 is 2.14. The van der Waals surface area contributed by atoms with Gasteiger partial charge in [-0.15, -0.1) is 21.5 Å². The Balaban J connectivity index is 1.44. The third kappa shape index (κ3) is 5.39. The van der Waals surface area contributed by atoms with Crippen molar-refractivity contribution in [3.05, 3.63) is 40.1 Å². The average molecular weight is 441 g/mol. The van der Waals surface area contributed by atoms with Crippen LogP contribution in [0.25, 0.3) is 0 Å². The molecule has 1 N–H and O–H groups in total. The predicted octanol–water partition coefficient (Wildman–Crippen LogP) is 3.92. The van der Waals surface area contributed by atoms with Crippen molar-refractivity contribution < 1.29 is 0 Å². The summed E-state index contributed by atoms with van der Waals surface area (Å²) in [4.78, 5) is 16.7. The Kier molecular flexibility index (Phi) is 6.80. The standard InChI is InChI=1S/C22H32N8S/c1-15(2)21-25-18(23-9-5-8-20-28-27-16(3)31-20)13-19(26-21)30-11-6-7-17(14-30)22-24-10-12-29(22)4/h10,12-13,15,17H,5-9,11,14H2,1-4H3,(H,23,25,26). The van der Waals surface area contributed by atoms with Crippen molar-refractivity contribution in [2.24, 2.45) is 7.05 Å². The summed E-state index contributed by atoms with van der Waals surface area (Å²) in [7, 11) is 2.08. The molecule has 0 amide bonds. The molecule has 4 rings (SSSR count). The van der Waals surface area contributed by atoms with Gasteiger partial charge >= 0.3 is 0 Å². The molecule has 0 saturated carbocycles. The molecule has 1 saturated heterocycles. The highest BCUT2D eigenvalue weighted by molar-refractivity contribution is 7.11. The quantitative estimate of drug-likeness (QED) is 0.531. The Bertz CT molecular complexity index is 995. The average Bonchev–Trinajstić information content (AvgIpc) is 3.39. The van der Waals surface area contributed by atoms with Crippen molar-refractivity contribution in [1.82, 2.24) is 29.7 Å². The number of aryl methyl sites for hydroxylation is 3. The molecule has 1 fully saturated rings. The second kappa shape index (κ2) is 9.72. The molecule has 1 aliphatic rings. The molecule has 1 atom stereocenters. The fourth-order valence-electron chi connectivity index (χ4n) is 4.02. The van der Waals surface area contributed by atoms with E-state index in [1.54, 1.807) is 11.3 Å². The van der Waals surface area contributed by atoms with Crippen LogP contribution < -0.4 is 10.2 Å². The summed E-state index contributed by atoms with van der Waals surface area (Å²) in [6.45, 7) is 9.10. The number of anilines is 2. The minimum atomic E-state index is 0.278. The van der Waals surface area contributed by atoms with E-state index >= 15 is 0 Å². The Morgan fingerprint density at radius 1 is 1.26 bits per heavy atom. The fourth-order valence-corrected chi connectivity index (χ4v) is 4.78. The maximum absolute atomic E-state index is 4.90. The Labute approximate surface area is 188 Å². The molecule has 166 valence electrons. The van der Waals surface area contributed by atoms with Crippen LogP contribution in [0.4, 0.5) is 11.6 Å². The minimum absolute atomic E-state index is 0.278. The second-order valence-corrected chi connectivity index (χ2v) is 9.82. The third-order valence-corrected chi connectivity index (χ3v) is 6.56. The van der Waals surface area contributed by atoms with Gasteiger partial charge < -0.3 is 14.8 Å². The number of piperidine rings is 1. The van der Waals surface area contributed by atoms with E-state index < -0.39 is 0 Å². The van der Waals surface area contributed by atoms with Crippen molar-refractivity contribution in [2.45, 2.75) is 58.3 Å². The van der Waals surface area contributed by atoms with Crippen LogP contribution in [0, 0.1) is 6.92 Å². The van der Waals surface area contributed by atoms with Crippen molar-refractivity contribution in [3.8, 4) is 0 Å². The molecule has 31 heavy (non-hydrogen) atoms. The maximum atomic E-state index is 4.90. The van der Waals surface area contributed by atoms with Gasteiger partial charge in [0, 0.05) is 63.4 Å². The summed E-state index contributed by atoms with van der Waals surface area (Å²) >= 11 is 1.67. The lowest BCUT2D eigenvalue weighted by Crippen LogP contribution is -2.36. The molecule has 0 bridgehead atoms. The summed E-state index contributed by atoms with van der Waals surface area (Å²) in [5.41, 5.74) is 0. The number of nitrogens with one attached hydrogen (secondary N) is 1. The van der Waals surface area contributed by atoms with Gasteiger partial charge in [0.15, 0.2) is 0 Å². The van der Waals surface area contributed by atoms with Crippen molar-refractivity contribution in [3.63, 3.8) is 0 Å². The maximum Gasteiger partial charge on any atom is 0.135 e. The molecular weight excluding hydrogens is 408 g/mol. The smallest absolute Gasteiger partial charge is 0.135 e. The molecule has 4 heterocycles. The summed E-state index contributed by atoms with van der Waals surface area (Å²) in [6, 6.07) is 2.10. The number of imidazole rings is 1. The zero-order valence-corrected chi connectivity index (χ0v) is 19.7. The molecule has 3 aromatic rings. The van der Waals surface area contributed by atoms with Crippen LogP contribution in [0.3, 0.4) is 0 Å². The minimum Gasteiger partial charge on any atom is -0.370 e. The zero-order chi connectivity index (χ0) is 21.8. The summed E-state index contributed by atoms with van der Waals surface area (Å²) in [5, 5.41) is 13.9. The number of aromatic nitrogens is 6. The summed E-state index contributed by atoms with van der Waals surface area (Å²) in [6.07, 6.45) is 8.16. The Morgan fingerprint density at radius 2 is 2.13 bits per heavy atom. The van der Waals surface area contributed by atoms with Gasteiger partial charge in [-0.05, 0) is 26.2 Å². The van der Waals surface area contributed by atoms with Gasteiger partial charge in [0.05, 0.1) is 0 Å². The van der Waals surface area contributed by atoms with Gasteiger partial charge in [0.25, 0.3) is 0 Å². The van der Waals surface area contributed by atoms with Crippen LogP contribution >= 0.6 is 11.3 Å². The number of hydrogen-bond acceptors (Lipinski definition) is 8. The largest absolute Gasteiger partial charge is 0.370 e. The van der Waals surface area contributed by atoms with Gasteiger partial charge in [0.1, 0.15) is 33.3 Å². The number of hydrogen-bond donors (Lipinski definition) is 1. The van der Waals surface area contributed by atoms with Crippen LogP contribution in [0.1, 0.15) is 66.6 Å². The monoisotopic (exact) mass is 440 g/mol. The van der Waals surface area contributed by atoms with Crippen molar-refractivity contribution in [1.29, 1.82) is 0 Å². The molecule has 1 aliphatic heterocycles. The first-order chi connectivity index (χ1) is 15.0. The van der Waals surface area contributed by atoms with E-state index in [4.69, 9.17) is 9.97 Å². The molecule has 0 aromatic carbocycles. The van der Waals surface area contributed by atoms with E-state index in [1.165, 1.54) is 6.42 Å². The number of rotatable bonds is 8. The fraction of sp³-hybridized carbons (Fsp3) is 0.591. The van der Waals surface area contributed by atoms with Crippen LogP contribution in [-0.4, -0.2) is 49.4 Å². The Hall–Kier alpha value is -2.55. The molecule has 3 aromatic heterocycles. The van der Waals surface area contributed by atoms with E-state index in [-0.39, 0.29) is 5.92 Å². The normalized spacial score (nSPS) is 16.8. The topological polar surface area (TPSA) is 84.7 Å². The second-order valence-electron chi connectivity index (χ2n) is 8.55. The highest BCUT2D eigenvalue weighted by Gasteiger charge is 2.25. The molecule has 0 radical (unpaired) electrons. The predicted molar refractivity (Wildman–Crippen MR) is 125 cm³/mol. The van der Waals surface area contributed by atoms with Crippen LogP contribution in [0.2, 0.25) is 0 Å². The van der Waals surface area contributed by atoms with E-state index in [0.29, 0.717) is 5.92 Å².